The maximum atomic E-state index is 13.1. The molecule has 12 heteroatoms. The van der Waals surface area contributed by atoms with Gasteiger partial charge in [0.05, 0.1) is 35.1 Å². The van der Waals surface area contributed by atoms with Crippen LogP contribution in [0.2, 0.25) is 0 Å². The molecule has 2 aromatic rings. The van der Waals surface area contributed by atoms with Gasteiger partial charge in [-0.2, -0.15) is 0 Å². The summed E-state index contributed by atoms with van der Waals surface area (Å²) < 4.78 is 20.6. The summed E-state index contributed by atoms with van der Waals surface area (Å²) in [4.78, 5) is 35.1. The zero-order valence-corrected chi connectivity index (χ0v) is 23.7. The second-order valence-corrected chi connectivity index (χ2v) is 10.5. The molecule has 0 saturated carbocycles. The van der Waals surface area contributed by atoms with Gasteiger partial charge in [0, 0.05) is 18.7 Å². The Bertz CT molecular complexity index is 1180. The van der Waals surface area contributed by atoms with Crippen molar-refractivity contribution < 1.29 is 18.9 Å². The Kier molecular flexibility index (Phi) is 12.5. The van der Waals surface area contributed by atoms with E-state index in [4.69, 9.17) is 10.1 Å². The predicted molar refractivity (Wildman–Crippen MR) is 148 cm³/mol. The van der Waals surface area contributed by atoms with Gasteiger partial charge in [0.1, 0.15) is 22.6 Å². The standard InChI is InChI=1S/C22H29N5O6S.C4H10/c1-4-6-18(23)20-14(3)22(28)25-21(24-20)17-11-16(7-8-19(17)32-5-2)34(31)26-12-15(13-26)9-10-33-27(29)30;1-3-4-2/h7-8,11,15,23H,4-6,9-10,12-13H2,1-3H3,(H,24,25,28);3-4H2,1-2H3. The lowest BCUT2D eigenvalue weighted by Gasteiger charge is -2.37. The number of nitrogens with zero attached hydrogens (tertiary/aromatic N) is 3. The SMILES string of the molecule is CCCC.CCCC(=N)c1nc(-c2cc(S(=O)N3CC(CCO[N+](=O)[O-])C3)ccc2OCC)[nH]c(=O)c1C. The topological polar surface area (TPSA) is 152 Å². The van der Waals surface area contributed by atoms with E-state index < -0.39 is 16.1 Å². The van der Waals surface area contributed by atoms with Crippen LogP contribution in [0.4, 0.5) is 0 Å². The third-order valence-corrected chi connectivity index (χ3v) is 7.45. The molecule has 1 aromatic heterocycles. The van der Waals surface area contributed by atoms with Gasteiger partial charge in [-0.15, -0.1) is 10.1 Å². The van der Waals surface area contributed by atoms with Crippen LogP contribution >= 0.6 is 0 Å². The fourth-order valence-electron chi connectivity index (χ4n) is 3.69. The molecule has 0 radical (unpaired) electrons. The number of H-pyrrole nitrogens is 1. The largest absolute Gasteiger partial charge is 0.493 e. The number of hydrogen-bond acceptors (Lipinski definition) is 8. The van der Waals surface area contributed by atoms with E-state index in [1.807, 2.05) is 13.8 Å². The van der Waals surface area contributed by atoms with Gasteiger partial charge in [0.15, 0.2) is 0 Å². The highest BCUT2D eigenvalue weighted by Gasteiger charge is 2.32. The molecule has 1 saturated heterocycles. The molecule has 0 amide bonds. The fraction of sp³-hybridized carbons (Fsp3) is 0.577. The zero-order chi connectivity index (χ0) is 28.2. The molecule has 0 aliphatic carbocycles. The number of hydrogen-bond donors (Lipinski definition) is 2. The fourth-order valence-corrected chi connectivity index (χ4v) is 5.08. The van der Waals surface area contributed by atoms with E-state index in [-0.39, 0.29) is 29.6 Å². The molecule has 210 valence electrons. The van der Waals surface area contributed by atoms with Crippen LogP contribution < -0.4 is 10.3 Å². The minimum absolute atomic E-state index is 0.0210. The van der Waals surface area contributed by atoms with Crippen LogP contribution in [0.15, 0.2) is 27.9 Å². The van der Waals surface area contributed by atoms with E-state index in [2.05, 4.69) is 28.7 Å². The third-order valence-electron chi connectivity index (χ3n) is 6.03. The maximum absolute atomic E-state index is 13.1. The molecule has 0 bridgehead atoms. The maximum Gasteiger partial charge on any atom is 0.294 e. The van der Waals surface area contributed by atoms with Gasteiger partial charge in [0.2, 0.25) is 0 Å². The Hall–Kier alpha value is -3.12. The lowest BCUT2D eigenvalue weighted by Crippen LogP contribution is -2.47. The average Bonchev–Trinajstić information content (AvgIpc) is 2.87. The number of nitrogens with one attached hydrogen (secondary N) is 2. The monoisotopic (exact) mass is 549 g/mol. The number of benzene rings is 1. The van der Waals surface area contributed by atoms with E-state index in [1.54, 1.807) is 29.4 Å². The van der Waals surface area contributed by atoms with Crippen molar-refractivity contribution in [2.24, 2.45) is 5.92 Å². The highest BCUT2D eigenvalue weighted by molar-refractivity contribution is 7.82. The molecule has 11 nitrogen and oxygen atoms in total. The molecule has 1 aromatic carbocycles. The lowest BCUT2D eigenvalue weighted by atomic mass is 10.0. The lowest BCUT2D eigenvalue weighted by molar-refractivity contribution is -0.758. The minimum Gasteiger partial charge on any atom is -0.493 e. The van der Waals surface area contributed by atoms with Gasteiger partial charge in [0.25, 0.3) is 10.6 Å². The van der Waals surface area contributed by atoms with Crippen molar-refractivity contribution in [3.63, 3.8) is 0 Å². The average molecular weight is 550 g/mol. The molecule has 38 heavy (non-hydrogen) atoms. The van der Waals surface area contributed by atoms with Crippen LogP contribution in [0.3, 0.4) is 0 Å². The normalized spacial score (nSPS) is 14.1. The van der Waals surface area contributed by atoms with Gasteiger partial charge in [-0.1, -0.05) is 40.0 Å². The smallest absolute Gasteiger partial charge is 0.294 e. The van der Waals surface area contributed by atoms with Crippen LogP contribution in [0, 0.1) is 28.4 Å². The minimum atomic E-state index is -1.46. The zero-order valence-electron chi connectivity index (χ0n) is 22.9. The summed E-state index contributed by atoms with van der Waals surface area (Å²) in [5, 5.41) is 17.8. The van der Waals surface area contributed by atoms with Gasteiger partial charge < -0.3 is 20.0 Å². The van der Waals surface area contributed by atoms with Gasteiger partial charge >= 0.3 is 0 Å². The van der Waals surface area contributed by atoms with E-state index in [9.17, 15) is 19.1 Å². The Morgan fingerprint density at radius 2 is 1.92 bits per heavy atom. The van der Waals surface area contributed by atoms with Crippen molar-refractivity contribution >= 4 is 16.7 Å². The van der Waals surface area contributed by atoms with Gasteiger partial charge in [-0.05, 0) is 50.8 Å². The summed E-state index contributed by atoms with van der Waals surface area (Å²) in [6.45, 7) is 11.3. The summed E-state index contributed by atoms with van der Waals surface area (Å²) in [6, 6.07) is 5.09. The first-order valence-electron chi connectivity index (χ1n) is 13.1. The Morgan fingerprint density at radius 1 is 1.24 bits per heavy atom. The van der Waals surface area contributed by atoms with Crippen LogP contribution in [-0.2, 0) is 15.8 Å². The number of aromatic nitrogens is 2. The summed E-state index contributed by atoms with van der Waals surface area (Å²) in [5.74, 6) is 0.919. The molecular formula is C26H39N5O6S. The molecule has 1 fully saturated rings. The van der Waals surface area contributed by atoms with Crippen molar-refractivity contribution in [3.8, 4) is 17.1 Å². The first kappa shape index (κ1) is 31.1. The number of unbranched alkanes of at least 4 members (excludes halogenated alkanes) is 1. The molecular weight excluding hydrogens is 510 g/mol. The number of ether oxygens (including phenoxy) is 1. The predicted octanol–water partition coefficient (Wildman–Crippen LogP) is 4.67. The molecule has 2 heterocycles. The van der Waals surface area contributed by atoms with Crippen molar-refractivity contribution in [3.05, 3.63) is 49.9 Å². The summed E-state index contributed by atoms with van der Waals surface area (Å²) >= 11 is 0. The van der Waals surface area contributed by atoms with E-state index in [1.165, 1.54) is 12.8 Å². The molecule has 1 aliphatic rings. The molecule has 2 N–H and O–H groups in total. The Labute approximate surface area is 226 Å². The van der Waals surface area contributed by atoms with Crippen molar-refractivity contribution in [2.45, 2.75) is 71.6 Å². The van der Waals surface area contributed by atoms with Crippen molar-refractivity contribution in [2.75, 3.05) is 26.3 Å². The molecule has 1 atom stereocenters. The van der Waals surface area contributed by atoms with Crippen LogP contribution in [0.1, 0.15) is 71.1 Å². The summed E-state index contributed by atoms with van der Waals surface area (Å²) in [6.07, 6.45) is 4.42. The number of rotatable bonds is 13. The highest BCUT2D eigenvalue weighted by Crippen LogP contribution is 2.32. The molecule has 0 spiro atoms. The van der Waals surface area contributed by atoms with E-state index in [0.717, 1.165) is 6.42 Å². The quantitative estimate of drug-likeness (QED) is 0.209. The Morgan fingerprint density at radius 3 is 2.50 bits per heavy atom. The first-order valence-corrected chi connectivity index (χ1v) is 14.2. The second-order valence-electron chi connectivity index (χ2n) is 9.02. The molecule has 3 rings (SSSR count). The number of aromatic amines is 1. The van der Waals surface area contributed by atoms with E-state index >= 15 is 0 Å². The van der Waals surface area contributed by atoms with Gasteiger partial charge in [-0.3, -0.25) is 4.79 Å². The highest BCUT2D eigenvalue weighted by atomic mass is 32.2. The Balaban J connectivity index is 0.00000118. The summed E-state index contributed by atoms with van der Waals surface area (Å²) in [7, 11) is -1.46. The third kappa shape index (κ3) is 8.45. The van der Waals surface area contributed by atoms with Gasteiger partial charge in [-0.25, -0.2) is 13.5 Å². The van der Waals surface area contributed by atoms with Crippen LogP contribution in [-0.4, -0.2) is 55.6 Å². The molecule has 1 aliphatic heterocycles. The first-order chi connectivity index (χ1) is 18.2. The van der Waals surface area contributed by atoms with Crippen molar-refractivity contribution in [1.82, 2.24) is 14.3 Å². The van der Waals surface area contributed by atoms with Crippen molar-refractivity contribution in [1.29, 1.82) is 5.41 Å². The summed E-state index contributed by atoms with van der Waals surface area (Å²) in [5.41, 5.74) is 1.17. The molecule has 1 unspecified atom stereocenters. The van der Waals surface area contributed by atoms with E-state index in [0.29, 0.717) is 60.0 Å². The van der Waals surface area contributed by atoms with Crippen LogP contribution in [0.25, 0.3) is 11.4 Å². The second kappa shape index (κ2) is 15.3. The van der Waals surface area contributed by atoms with Crippen LogP contribution in [0.5, 0.6) is 5.75 Å².